The third-order valence-electron chi connectivity index (χ3n) is 3.89. The van der Waals surface area contributed by atoms with Gasteiger partial charge in [0.25, 0.3) is 0 Å². The third kappa shape index (κ3) is 3.23. The van der Waals surface area contributed by atoms with Gasteiger partial charge in [0.1, 0.15) is 10.6 Å². The molecule has 0 bridgehead atoms. The Morgan fingerprint density at radius 1 is 1.45 bits per heavy atom. The zero-order chi connectivity index (χ0) is 14.5. The first kappa shape index (κ1) is 15.1. The molecule has 1 aliphatic rings. The van der Waals surface area contributed by atoms with Gasteiger partial charge in [-0.15, -0.1) is 0 Å². The van der Waals surface area contributed by atoms with Crippen LogP contribution in [0.3, 0.4) is 0 Å². The minimum atomic E-state index is -0.356. The van der Waals surface area contributed by atoms with Gasteiger partial charge in [0.2, 0.25) is 0 Å². The van der Waals surface area contributed by atoms with Crippen molar-refractivity contribution in [1.29, 1.82) is 0 Å². The molecule has 1 aromatic rings. The van der Waals surface area contributed by atoms with E-state index in [4.69, 9.17) is 10.5 Å². The molecule has 5 nitrogen and oxygen atoms in total. The molecular weight excluding hydrogens is 274 g/mol. The topological polar surface area (TPSA) is 68.5 Å². The van der Waals surface area contributed by atoms with Crippen molar-refractivity contribution in [3.63, 3.8) is 0 Å². The minimum Gasteiger partial charge on any atom is -0.462 e. The van der Waals surface area contributed by atoms with Crippen LogP contribution in [0.2, 0.25) is 0 Å². The van der Waals surface area contributed by atoms with Crippen LogP contribution in [0.5, 0.6) is 0 Å². The van der Waals surface area contributed by atoms with E-state index >= 15 is 0 Å². The average Bonchev–Trinajstić information content (AvgIpc) is 2.68. The fraction of sp³-hybridized carbons (Fsp3) is 0.714. The molecule has 2 rings (SSSR count). The summed E-state index contributed by atoms with van der Waals surface area (Å²) in [4.78, 5) is 14.3. The molecule has 1 atom stereocenters. The lowest BCUT2D eigenvalue weighted by Crippen LogP contribution is -2.25. The average molecular weight is 297 g/mol. The summed E-state index contributed by atoms with van der Waals surface area (Å²) in [7, 11) is 0. The summed E-state index contributed by atoms with van der Waals surface area (Å²) in [5.74, 6) is 0.723. The highest BCUT2D eigenvalue weighted by molar-refractivity contribution is 7.11. The van der Waals surface area contributed by atoms with Gasteiger partial charge in [0.15, 0.2) is 5.82 Å². The molecular formula is C14H23N3O2S. The molecule has 0 spiro atoms. The van der Waals surface area contributed by atoms with Crippen molar-refractivity contribution < 1.29 is 9.53 Å². The molecule has 2 heterocycles. The van der Waals surface area contributed by atoms with Crippen LogP contribution >= 0.6 is 11.5 Å². The number of rotatable bonds is 4. The summed E-state index contributed by atoms with van der Waals surface area (Å²) < 4.78 is 9.24. The van der Waals surface area contributed by atoms with E-state index in [1.807, 2.05) is 0 Å². The molecule has 1 unspecified atom stereocenters. The number of aromatic nitrogens is 1. The van der Waals surface area contributed by atoms with Crippen LogP contribution in [0.25, 0.3) is 0 Å². The maximum Gasteiger partial charge on any atom is 0.345 e. The second-order valence-electron chi connectivity index (χ2n) is 5.16. The van der Waals surface area contributed by atoms with E-state index in [9.17, 15) is 4.79 Å². The number of nitrogens with two attached hydrogens (primary N) is 1. The van der Waals surface area contributed by atoms with E-state index in [2.05, 4.69) is 16.2 Å². The molecule has 1 fully saturated rings. The van der Waals surface area contributed by atoms with Crippen LogP contribution in [0, 0.1) is 5.92 Å². The lowest BCUT2D eigenvalue weighted by molar-refractivity contribution is 0.0528. The van der Waals surface area contributed by atoms with E-state index in [1.54, 1.807) is 6.92 Å². The van der Waals surface area contributed by atoms with E-state index in [0.717, 1.165) is 36.9 Å². The first-order valence-electron chi connectivity index (χ1n) is 7.34. The fourth-order valence-electron chi connectivity index (χ4n) is 2.68. The normalized spacial score (nSPS) is 19.7. The molecule has 0 aromatic carbocycles. The molecule has 0 saturated carbocycles. The summed E-state index contributed by atoms with van der Waals surface area (Å²) in [6.07, 6.45) is 4.80. The van der Waals surface area contributed by atoms with Crippen LogP contribution in [0.1, 0.15) is 49.9 Å². The number of nitrogens with zero attached hydrogens (tertiary/aromatic N) is 2. The fourth-order valence-corrected chi connectivity index (χ4v) is 3.53. The van der Waals surface area contributed by atoms with Crippen molar-refractivity contribution >= 4 is 28.3 Å². The molecule has 2 N–H and O–H groups in total. The number of carbonyl (C=O) groups excluding carboxylic acids is 1. The highest BCUT2D eigenvalue weighted by Gasteiger charge is 2.26. The minimum absolute atomic E-state index is 0.291. The summed E-state index contributed by atoms with van der Waals surface area (Å²) in [6, 6.07) is 0. The van der Waals surface area contributed by atoms with Gasteiger partial charge >= 0.3 is 5.97 Å². The Morgan fingerprint density at radius 3 is 2.95 bits per heavy atom. The first-order chi connectivity index (χ1) is 9.67. The predicted molar refractivity (Wildman–Crippen MR) is 82.3 cm³/mol. The van der Waals surface area contributed by atoms with Crippen LogP contribution in [0.15, 0.2) is 0 Å². The van der Waals surface area contributed by atoms with E-state index < -0.39 is 0 Å². The number of hydrogen-bond acceptors (Lipinski definition) is 6. The van der Waals surface area contributed by atoms with Crippen LogP contribution in [-0.2, 0) is 4.74 Å². The smallest absolute Gasteiger partial charge is 0.345 e. The molecule has 112 valence electrons. The largest absolute Gasteiger partial charge is 0.462 e. The highest BCUT2D eigenvalue weighted by atomic mass is 32.1. The Morgan fingerprint density at radius 2 is 2.25 bits per heavy atom. The summed E-state index contributed by atoms with van der Waals surface area (Å²) in [5.41, 5.74) is 6.29. The van der Waals surface area contributed by atoms with Crippen molar-refractivity contribution in [3.05, 3.63) is 5.56 Å². The van der Waals surface area contributed by atoms with E-state index in [-0.39, 0.29) is 5.97 Å². The lowest BCUT2D eigenvalue weighted by Gasteiger charge is -2.21. The van der Waals surface area contributed by atoms with Gasteiger partial charge in [-0.05, 0) is 43.6 Å². The number of nitrogen functional groups attached to an aromatic ring is 1. The first-order valence-corrected chi connectivity index (χ1v) is 8.11. The molecule has 0 radical (unpaired) electrons. The van der Waals surface area contributed by atoms with Gasteiger partial charge in [-0.25, -0.2) is 4.79 Å². The van der Waals surface area contributed by atoms with Gasteiger partial charge in [0, 0.05) is 13.1 Å². The monoisotopic (exact) mass is 297 g/mol. The summed E-state index contributed by atoms with van der Waals surface area (Å²) in [5, 5.41) is 0.873. The van der Waals surface area contributed by atoms with E-state index in [1.165, 1.54) is 24.4 Å². The second-order valence-corrected chi connectivity index (χ2v) is 5.91. The molecule has 20 heavy (non-hydrogen) atoms. The predicted octanol–water partition coefficient (Wildman–Crippen LogP) is 2.92. The highest BCUT2D eigenvalue weighted by Crippen LogP contribution is 2.33. The van der Waals surface area contributed by atoms with Crippen molar-refractivity contribution in [1.82, 2.24) is 4.37 Å². The molecule has 0 amide bonds. The third-order valence-corrected chi connectivity index (χ3v) is 4.82. The summed E-state index contributed by atoms with van der Waals surface area (Å²) in [6.45, 7) is 6.32. The number of ether oxygens (including phenoxy) is 1. The SMILES string of the molecule is CCOC(=O)c1c(N)nsc1N1CCCC(CC)CC1. The Balaban J connectivity index is 2.18. The Bertz CT molecular complexity index is 461. The maximum absolute atomic E-state index is 12.0. The number of carbonyl (C=O) groups is 1. The van der Waals surface area contributed by atoms with Crippen molar-refractivity contribution in [2.45, 2.75) is 39.5 Å². The van der Waals surface area contributed by atoms with Crippen molar-refractivity contribution in [2.75, 3.05) is 30.3 Å². The molecule has 6 heteroatoms. The molecule has 0 aliphatic carbocycles. The molecule has 1 aliphatic heterocycles. The van der Waals surface area contributed by atoms with Crippen molar-refractivity contribution in [2.24, 2.45) is 5.92 Å². The second kappa shape index (κ2) is 6.92. The zero-order valence-electron chi connectivity index (χ0n) is 12.2. The van der Waals surface area contributed by atoms with E-state index in [0.29, 0.717) is 18.0 Å². The van der Waals surface area contributed by atoms with Gasteiger partial charge in [0.05, 0.1) is 6.61 Å². The van der Waals surface area contributed by atoms with Crippen molar-refractivity contribution in [3.8, 4) is 0 Å². The Kier molecular flexibility index (Phi) is 5.23. The molecule has 1 saturated heterocycles. The van der Waals surface area contributed by atoms with Gasteiger partial charge in [-0.2, -0.15) is 4.37 Å². The van der Waals surface area contributed by atoms with Gasteiger partial charge in [-0.3, -0.25) is 0 Å². The molecule has 1 aromatic heterocycles. The maximum atomic E-state index is 12.0. The quantitative estimate of drug-likeness (QED) is 0.865. The number of esters is 1. The van der Waals surface area contributed by atoms with Crippen LogP contribution < -0.4 is 10.6 Å². The Labute approximate surface area is 124 Å². The lowest BCUT2D eigenvalue weighted by atomic mass is 9.98. The number of anilines is 2. The Hall–Kier alpha value is -1.30. The zero-order valence-corrected chi connectivity index (χ0v) is 13.0. The standard InChI is InChI=1S/C14H23N3O2S/c1-3-10-6-5-8-17(9-7-10)13-11(12(15)16-20-13)14(18)19-4-2/h10H,3-9H2,1-2H3,(H2,15,16). The van der Waals surface area contributed by atoms with Gasteiger partial charge < -0.3 is 15.4 Å². The summed E-state index contributed by atoms with van der Waals surface area (Å²) >= 11 is 1.31. The van der Waals surface area contributed by atoms with Crippen LogP contribution in [0.4, 0.5) is 10.8 Å². The van der Waals surface area contributed by atoms with Gasteiger partial charge in [-0.1, -0.05) is 13.3 Å². The number of hydrogen-bond donors (Lipinski definition) is 1. The van der Waals surface area contributed by atoms with Crippen LogP contribution in [-0.4, -0.2) is 30.0 Å².